The van der Waals surface area contributed by atoms with E-state index in [0.717, 1.165) is 12.8 Å². The van der Waals surface area contributed by atoms with Gasteiger partial charge in [-0.1, -0.05) is 0 Å². The number of allylic oxidation sites excluding steroid dienone is 8. The molecule has 3 aliphatic carbocycles. The molecule has 3 rings (SSSR count). The Morgan fingerprint density at radius 3 is 2.54 bits per heavy atom. The molecule has 0 nitrogen and oxygen atoms in total. The first kappa shape index (κ1) is 19.5. The first-order valence-corrected chi connectivity index (χ1v) is 22.7. The van der Waals surface area contributed by atoms with Crippen molar-refractivity contribution in [1.82, 2.24) is 0 Å². The Morgan fingerprint density at radius 1 is 1.25 bits per heavy atom. The molecular formula is C19H24Cl3HfSi. The zero-order valence-corrected chi connectivity index (χ0v) is 21.4. The molecule has 0 heterocycles. The molecule has 0 N–H and O–H groups in total. The third kappa shape index (κ3) is 3.48. The molecule has 0 aromatic rings. The Morgan fingerprint density at radius 2 is 2.00 bits per heavy atom. The van der Waals surface area contributed by atoms with Crippen LogP contribution in [0.4, 0.5) is 0 Å². The summed E-state index contributed by atoms with van der Waals surface area (Å²) in [4.78, 5) is 0. The fraction of sp³-hybridized carbons (Fsp3) is 0.526. The summed E-state index contributed by atoms with van der Waals surface area (Å²) in [5, 5.41) is 1.72. The first-order chi connectivity index (χ1) is 11.5. The third-order valence-electron chi connectivity index (χ3n) is 5.56. The predicted octanol–water partition coefficient (Wildman–Crippen LogP) is 6.76. The van der Waals surface area contributed by atoms with E-state index in [2.05, 4.69) is 38.2 Å². The van der Waals surface area contributed by atoms with Gasteiger partial charge < -0.3 is 0 Å². The van der Waals surface area contributed by atoms with Gasteiger partial charge in [0.25, 0.3) is 0 Å². The number of rotatable bonds is 3. The molecule has 0 spiro atoms. The number of hydrogen-bond acceptors (Lipinski definition) is 0. The van der Waals surface area contributed by atoms with E-state index in [9.17, 15) is 0 Å². The Labute approximate surface area is 167 Å². The summed E-state index contributed by atoms with van der Waals surface area (Å²) in [7, 11) is 12.8. The van der Waals surface area contributed by atoms with E-state index >= 15 is 0 Å². The van der Waals surface area contributed by atoms with Crippen molar-refractivity contribution in [3.8, 4) is 0 Å². The molecule has 0 aliphatic heterocycles. The summed E-state index contributed by atoms with van der Waals surface area (Å²) >= 11 is 3.97. The molecule has 24 heavy (non-hydrogen) atoms. The van der Waals surface area contributed by atoms with Crippen LogP contribution >= 0.6 is 28.8 Å². The van der Waals surface area contributed by atoms with Crippen molar-refractivity contribution in [2.45, 2.75) is 49.4 Å². The molecule has 2 atom stereocenters. The molecule has 0 aromatic heterocycles. The SMILES string of the molecule is CC1=C(C2=CC=CC2)C2=C(CCCC(=[Si](C)C)C2CCl)[CH]1[Hf]([Cl])[Cl]. The fourth-order valence-corrected chi connectivity index (χ4v) is 15.2. The van der Waals surface area contributed by atoms with Crippen LogP contribution in [0, 0.1) is 5.92 Å². The van der Waals surface area contributed by atoms with Gasteiger partial charge in [-0.15, -0.1) is 0 Å². The van der Waals surface area contributed by atoms with E-state index < -0.39 is 27.5 Å². The van der Waals surface area contributed by atoms with E-state index in [1.165, 1.54) is 35.1 Å². The van der Waals surface area contributed by atoms with Gasteiger partial charge in [0, 0.05) is 0 Å². The van der Waals surface area contributed by atoms with Crippen LogP contribution < -0.4 is 0 Å². The molecule has 0 radical (unpaired) electrons. The second-order valence-corrected chi connectivity index (χ2v) is 22.5. The summed E-state index contributed by atoms with van der Waals surface area (Å²) in [6.45, 7) is 7.10. The Kier molecular flexibility index (Phi) is 6.69. The first-order valence-electron chi connectivity index (χ1n) is 8.67. The van der Waals surface area contributed by atoms with E-state index in [-0.39, 0.29) is 0 Å². The molecule has 2 unspecified atom stereocenters. The van der Waals surface area contributed by atoms with E-state index in [1.54, 1.807) is 10.7 Å². The van der Waals surface area contributed by atoms with E-state index in [1.807, 2.05) is 0 Å². The van der Waals surface area contributed by atoms with Gasteiger partial charge in [-0.05, 0) is 0 Å². The number of halogens is 3. The molecule has 0 aromatic carbocycles. The van der Waals surface area contributed by atoms with Crippen molar-refractivity contribution in [2.24, 2.45) is 5.92 Å². The fourth-order valence-electron chi connectivity index (χ4n) is 4.55. The zero-order chi connectivity index (χ0) is 17.4. The quantitative estimate of drug-likeness (QED) is 0.262. The maximum atomic E-state index is 6.66. The van der Waals surface area contributed by atoms with Gasteiger partial charge in [-0.2, -0.15) is 0 Å². The van der Waals surface area contributed by atoms with Crippen molar-refractivity contribution in [3.63, 3.8) is 0 Å². The van der Waals surface area contributed by atoms with Gasteiger partial charge >= 0.3 is 169 Å². The summed E-state index contributed by atoms with van der Waals surface area (Å²) in [6.07, 6.45) is 11.3. The molecule has 0 amide bonds. The summed E-state index contributed by atoms with van der Waals surface area (Å²) < 4.78 is 0.374. The van der Waals surface area contributed by atoms with Crippen molar-refractivity contribution in [1.29, 1.82) is 0 Å². The molecule has 0 saturated heterocycles. The van der Waals surface area contributed by atoms with Gasteiger partial charge in [0.15, 0.2) is 0 Å². The monoisotopic (exact) mass is 565 g/mol. The van der Waals surface area contributed by atoms with Crippen LogP contribution in [-0.2, 0) is 19.1 Å². The van der Waals surface area contributed by atoms with Crippen LogP contribution in [-0.4, -0.2) is 19.5 Å². The maximum absolute atomic E-state index is 6.66. The second-order valence-electron chi connectivity index (χ2n) is 7.13. The Hall–Kier alpha value is 0.787. The minimum atomic E-state index is -2.59. The van der Waals surface area contributed by atoms with Gasteiger partial charge in [0.2, 0.25) is 0 Å². The van der Waals surface area contributed by atoms with Crippen molar-refractivity contribution in [3.05, 3.63) is 46.1 Å². The van der Waals surface area contributed by atoms with E-state index in [4.69, 9.17) is 28.8 Å². The van der Waals surface area contributed by atoms with Crippen molar-refractivity contribution < 1.29 is 19.1 Å². The number of hydrogen-bond donors (Lipinski definition) is 0. The average molecular weight is 565 g/mol. The van der Waals surface area contributed by atoms with Crippen LogP contribution in [0.2, 0.25) is 16.8 Å². The average Bonchev–Trinajstić information content (AvgIpc) is 3.08. The molecule has 0 fully saturated rings. The molecule has 5 heteroatoms. The van der Waals surface area contributed by atoms with Crippen molar-refractivity contribution >= 4 is 42.3 Å². The Bertz CT molecular complexity index is 693. The van der Waals surface area contributed by atoms with Gasteiger partial charge in [-0.25, -0.2) is 0 Å². The van der Waals surface area contributed by atoms with Gasteiger partial charge in [-0.3, -0.25) is 0 Å². The molecule has 0 saturated carbocycles. The topological polar surface area (TPSA) is 0 Å². The molecular weight excluding hydrogens is 541 g/mol. The van der Waals surface area contributed by atoms with Crippen molar-refractivity contribution in [2.75, 3.05) is 5.88 Å². The van der Waals surface area contributed by atoms with Crippen LogP contribution in [0.1, 0.15) is 32.6 Å². The predicted molar refractivity (Wildman–Crippen MR) is 108 cm³/mol. The molecule has 129 valence electrons. The van der Waals surface area contributed by atoms with Gasteiger partial charge in [0.05, 0.1) is 0 Å². The van der Waals surface area contributed by atoms with E-state index in [0.29, 0.717) is 15.5 Å². The van der Waals surface area contributed by atoms with Crippen LogP contribution in [0.15, 0.2) is 46.1 Å². The number of alkyl halides is 1. The summed E-state index contributed by atoms with van der Waals surface area (Å²) in [5.41, 5.74) is 7.45. The van der Waals surface area contributed by atoms with Crippen LogP contribution in [0.3, 0.4) is 0 Å². The normalized spacial score (nSPS) is 26.8. The molecule has 3 aliphatic rings. The standard InChI is InChI=1S/C19H24ClSi.2ClH.Hf/c1-13-11-15-9-6-10-17(21(2)3)16(12-20)19(15)18(13)14-7-4-5-8-14;;;/h4-5,7,11,16H,6,8-10,12H2,1-3H3;2*1H;/q;;;+2/p-2. The zero-order valence-electron chi connectivity index (χ0n) is 14.6. The van der Waals surface area contributed by atoms with Crippen LogP contribution in [0.5, 0.6) is 0 Å². The summed E-state index contributed by atoms with van der Waals surface area (Å²) in [6, 6.07) is 0. The minimum absolute atomic E-state index is 0.374. The summed E-state index contributed by atoms with van der Waals surface area (Å²) in [5.74, 6) is 1.10. The second kappa shape index (κ2) is 8.21. The molecule has 0 bridgehead atoms. The third-order valence-corrected chi connectivity index (χ3v) is 15.7. The van der Waals surface area contributed by atoms with Gasteiger partial charge in [0.1, 0.15) is 0 Å². The van der Waals surface area contributed by atoms with Crippen LogP contribution in [0.25, 0.3) is 0 Å². The Balaban J connectivity index is 2.20.